The average molecular weight is 309 g/mol. The molecule has 0 amide bonds. The Bertz CT molecular complexity index is 572. The maximum absolute atomic E-state index is 11.3. The van der Waals surface area contributed by atoms with Gasteiger partial charge in [-0.15, -0.1) is 0 Å². The number of nitrogens with one attached hydrogen (secondary N) is 1. The fraction of sp³-hybridized carbons (Fsp3) is 0. The smallest absolute Gasteiger partial charge is 1.00 e. The molecule has 0 aliphatic carbocycles. The number of pyridine rings is 1. The Labute approximate surface area is 143 Å². The first kappa shape index (κ1) is 14.0. The van der Waals surface area contributed by atoms with Gasteiger partial charge in [0.25, 0.3) is 5.78 Å². The van der Waals surface area contributed by atoms with E-state index in [0.717, 1.165) is 0 Å². The van der Waals surface area contributed by atoms with E-state index < -0.39 is 11.8 Å². The fourth-order valence-electron chi connectivity index (χ4n) is 1.32. The molecule has 0 fully saturated rings. The number of aliphatic carboxylic acids is 1. The van der Waals surface area contributed by atoms with E-state index in [1.807, 2.05) is 0 Å². The van der Waals surface area contributed by atoms with Crippen LogP contribution in [0.15, 0.2) is 23.1 Å². The van der Waals surface area contributed by atoms with E-state index in [1.54, 1.807) is 6.07 Å². The predicted molar refractivity (Wildman–Crippen MR) is 56.9 cm³/mol. The molecular weight excluding hydrogens is 303 g/mol. The van der Waals surface area contributed by atoms with Gasteiger partial charge >= 0.3 is 57.4 Å². The van der Waals surface area contributed by atoms with Gasteiger partial charge in [-0.05, 0) is 22.0 Å². The maximum atomic E-state index is 11.3. The molecule has 0 spiro atoms. The van der Waals surface area contributed by atoms with E-state index in [9.17, 15) is 9.59 Å². The second kappa shape index (κ2) is 5.52. The summed E-state index contributed by atoms with van der Waals surface area (Å²) in [6.45, 7) is 0. The van der Waals surface area contributed by atoms with Gasteiger partial charge in [0.15, 0.2) is 0 Å². The molecular formula is C9H6BrKN2O3. The van der Waals surface area contributed by atoms with Crippen LogP contribution in [0.25, 0.3) is 10.9 Å². The molecule has 0 unspecified atom stereocenters. The van der Waals surface area contributed by atoms with E-state index in [2.05, 4.69) is 25.9 Å². The van der Waals surface area contributed by atoms with E-state index >= 15 is 0 Å². The molecule has 7 heteroatoms. The molecule has 0 bridgehead atoms. The zero-order chi connectivity index (χ0) is 11.0. The molecule has 16 heavy (non-hydrogen) atoms. The molecule has 2 rings (SSSR count). The Kier molecular flexibility index (Phi) is 4.83. The van der Waals surface area contributed by atoms with Gasteiger partial charge in [0.2, 0.25) is 0 Å². The van der Waals surface area contributed by atoms with Crippen LogP contribution in [-0.4, -0.2) is 26.8 Å². The third kappa shape index (κ3) is 2.44. The quantitative estimate of drug-likeness (QED) is 0.313. The molecule has 0 aliphatic heterocycles. The van der Waals surface area contributed by atoms with Crippen LogP contribution >= 0.6 is 15.9 Å². The standard InChI is InChI=1S/C9H5BrN2O3.K.H/c10-8-6-4(1-2-11-8)5(3-12-6)7(13)9(14)15;;/h1-3,12H,(H,14,15);;/q;+1;-1. The number of carboxylic acids is 1. The Morgan fingerprint density at radius 3 is 2.81 bits per heavy atom. The molecule has 2 heterocycles. The van der Waals surface area contributed by atoms with Gasteiger partial charge in [-0.25, -0.2) is 9.78 Å². The van der Waals surface area contributed by atoms with Crippen molar-refractivity contribution in [3.8, 4) is 0 Å². The van der Waals surface area contributed by atoms with Gasteiger partial charge < -0.3 is 11.5 Å². The van der Waals surface area contributed by atoms with E-state index in [4.69, 9.17) is 5.11 Å². The minimum atomic E-state index is -1.47. The Hall–Kier alpha value is -0.0536. The van der Waals surface area contributed by atoms with Crippen molar-refractivity contribution in [3.05, 3.63) is 28.6 Å². The summed E-state index contributed by atoms with van der Waals surface area (Å²) < 4.78 is 0.546. The van der Waals surface area contributed by atoms with Gasteiger partial charge in [0.05, 0.1) is 11.1 Å². The minimum Gasteiger partial charge on any atom is -1.00 e. The Morgan fingerprint density at radius 1 is 1.50 bits per heavy atom. The normalized spacial score (nSPS) is 9.81. The second-order valence-corrected chi connectivity index (χ2v) is 3.61. The zero-order valence-corrected chi connectivity index (χ0v) is 13.0. The molecule has 0 saturated heterocycles. The summed E-state index contributed by atoms with van der Waals surface area (Å²) in [5, 5.41) is 9.14. The number of hydrogen-bond acceptors (Lipinski definition) is 3. The predicted octanol–water partition coefficient (Wildman–Crippen LogP) is -1.29. The number of nitrogens with zero attached hydrogens (tertiary/aromatic N) is 1. The van der Waals surface area contributed by atoms with Crippen LogP contribution in [0.4, 0.5) is 0 Å². The molecule has 0 saturated carbocycles. The minimum absolute atomic E-state index is 0. The summed E-state index contributed by atoms with van der Waals surface area (Å²) in [5.74, 6) is -2.40. The summed E-state index contributed by atoms with van der Waals surface area (Å²) in [4.78, 5) is 28.6. The van der Waals surface area contributed by atoms with Crippen molar-refractivity contribution in [1.29, 1.82) is 0 Å². The van der Waals surface area contributed by atoms with Gasteiger partial charge in [-0.3, -0.25) is 4.79 Å². The molecule has 2 aromatic rings. The largest absolute Gasteiger partial charge is 1.00 e. The molecule has 78 valence electrons. The number of carbonyl (C=O) groups is 2. The summed E-state index contributed by atoms with van der Waals surface area (Å²) in [6, 6.07) is 1.59. The van der Waals surface area contributed by atoms with Crippen LogP contribution in [-0.2, 0) is 4.79 Å². The van der Waals surface area contributed by atoms with Gasteiger partial charge in [-0.1, -0.05) is 0 Å². The average Bonchev–Trinajstić information content (AvgIpc) is 2.61. The zero-order valence-electron chi connectivity index (χ0n) is 9.32. The number of carboxylic acid groups (broad SMARTS) is 1. The maximum Gasteiger partial charge on any atom is 1.00 e. The van der Waals surface area contributed by atoms with Crippen molar-refractivity contribution >= 4 is 38.6 Å². The molecule has 5 nitrogen and oxygen atoms in total. The molecule has 0 aromatic carbocycles. The third-order valence-electron chi connectivity index (χ3n) is 1.99. The Balaban J connectivity index is 0.00000128. The molecule has 0 aliphatic rings. The van der Waals surface area contributed by atoms with E-state index in [-0.39, 0.29) is 58.4 Å². The monoisotopic (exact) mass is 308 g/mol. The number of halogens is 1. The number of Topliss-reactive ketones (excluding diaryl/α,β-unsaturated/α-hetero) is 1. The number of H-pyrrole nitrogens is 1. The SMILES string of the molecule is O=C(O)C(=O)c1c[nH]c2c(Br)nccc12.[H-].[K+]. The van der Waals surface area contributed by atoms with Crippen LogP contribution in [0.1, 0.15) is 11.8 Å². The molecule has 0 atom stereocenters. The van der Waals surface area contributed by atoms with Gasteiger partial charge in [-0.2, -0.15) is 0 Å². The third-order valence-corrected chi connectivity index (χ3v) is 2.60. The van der Waals surface area contributed by atoms with Crippen molar-refractivity contribution < 1.29 is 67.5 Å². The van der Waals surface area contributed by atoms with Crippen LogP contribution in [0.3, 0.4) is 0 Å². The van der Waals surface area contributed by atoms with E-state index in [1.165, 1.54) is 12.4 Å². The topological polar surface area (TPSA) is 83.0 Å². The number of aromatic nitrogens is 2. The fourth-order valence-corrected chi connectivity index (χ4v) is 1.77. The van der Waals surface area contributed by atoms with E-state index in [0.29, 0.717) is 15.5 Å². The number of hydrogen-bond donors (Lipinski definition) is 2. The number of ketones is 1. The number of fused-ring (bicyclic) bond motifs is 1. The first-order valence-corrected chi connectivity index (χ1v) is 4.80. The second-order valence-electron chi connectivity index (χ2n) is 2.86. The summed E-state index contributed by atoms with van der Waals surface area (Å²) in [7, 11) is 0. The van der Waals surface area contributed by atoms with Gasteiger partial charge in [0, 0.05) is 17.8 Å². The van der Waals surface area contributed by atoms with Crippen molar-refractivity contribution in [3.63, 3.8) is 0 Å². The number of rotatable bonds is 2. The van der Waals surface area contributed by atoms with Crippen molar-refractivity contribution in [2.75, 3.05) is 0 Å². The van der Waals surface area contributed by atoms with Crippen molar-refractivity contribution in [2.24, 2.45) is 0 Å². The number of carbonyl (C=O) groups excluding carboxylic acids is 1. The molecule has 0 radical (unpaired) electrons. The van der Waals surface area contributed by atoms with Crippen LogP contribution in [0.2, 0.25) is 0 Å². The summed E-state index contributed by atoms with van der Waals surface area (Å²) >= 11 is 3.20. The van der Waals surface area contributed by atoms with Crippen LogP contribution in [0, 0.1) is 0 Å². The molecule has 2 aromatic heterocycles. The summed E-state index contributed by atoms with van der Waals surface area (Å²) in [6.07, 6.45) is 2.87. The number of aromatic amines is 1. The van der Waals surface area contributed by atoms with Gasteiger partial charge in [0.1, 0.15) is 4.60 Å². The Morgan fingerprint density at radius 2 is 2.19 bits per heavy atom. The van der Waals surface area contributed by atoms with Crippen LogP contribution < -0.4 is 51.4 Å². The van der Waals surface area contributed by atoms with Crippen molar-refractivity contribution in [2.45, 2.75) is 0 Å². The van der Waals surface area contributed by atoms with Crippen molar-refractivity contribution in [1.82, 2.24) is 9.97 Å². The first-order valence-electron chi connectivity index (χ1n) is 4.00. The summed E-state index contributed by atoms with van der Waals surface area (Å²) in [5.41, 5.74) is 0.753. The van der Waals surface area contributed by atoms with Crippen LogP contribution in [0.5, 0.6) is 0 Å². The first-order chi connectivity index (χ1) is 7.11. The molecule has 2 N–H and O–H groups in total.